The van der Waals surface area contributed by atoms with Gasteiger partial charge in [-0.2, -0.15) is 0 Å². The van der Waals surface area contributed by atoms with Gasteiger partial charge in [0, 0.05) is 54.8 Å². The lowest BCUT2D eigenvalue weighted by molar-refractivity contribution is 0.991. The summed E-state index contributed by atoms with van der Waals surface area (Å²) in [4.78, 5) is 11.3. The summed E-state index contributed by atoms with van der Waals surface area (Å²) in [6, 6.07) is 62.0. The Hall–Kier alpha value is -9.52. The van der Waals surface area contributed by atoms with Gasteiger partial charge in [-0.3, -0.25) is 9.13 Å². The third-order valence-electron chi connectivity index (χ3n) is 13.9. The average Bonchev–Trinajstić information content (AvgIpc) is 4.43. The van der Waals surface area contributed by atoms with Gasteiger partial charge in [0.2, 0.25) is 0 Å². The van der Waals surface area contributed by atoms with Gasteiger partial charge in [0.15, 0.2) is 5.82 Å². The summed E-state index contributed by atoms with van der Waals surface area (Å²) in [6.45, 7) is 0. The number of hydrogen-bond donors (Lipinski definition) is 0. The van der Waals surface area contributed by atoms with Crippen molar-refractivity contribution in [3.8, 4) is 45.5 Å². The molecule has 15 rings (SSSR count). The fraction of sp³-hybridized carbons (Fsp3) is 0. The van der Waals surface area contributed by atoms with Crippen molar-refractivity contribution in [1.82, 2.24) is 28.2 Å². The van der Waals surface area contributed by atoms with E-state index in [1.165, 1.54) is 4.57 Å². The minimum absolute atomic E-state index is 0.0461. The van der Waals surface area contributed by atoms with Crippen molar-refractivity contribution in [2.45, 2.75) is 0 Å². The van der Waals surface area contributed by atoms with Crippen LogP contribution >= 0.6 is 0 Å². The molecule has 326 valence electrons. The van der Waals surface area contributed by atoms with Crippen molar-refractivity contribution >= 4 is 87.2 Å². The summed E-state index contributed by atoms with van der Waals surface area (Å²) in [7, 11) is 0. The standard InChI is InChI=1S/C64H40N6/c1-2-20-41(21-3-1)67-57-37-17-10-28-50(57)62-48(29-18-38-58(62)67)49-30-19-39-59(68-51-31-11-4-22-42(51)43-23-5-12-32-52(43)68)63(49)64-65-60(69-53-33-13-6-24-44(53)45-25-7-14-34-54(45)69)40-61(66-64)70-55-35-15-8-26-46(55)47-27-9-16-36-56(47)70/h1-40H/i6D,7D,13D,14D,24D,25D,33D,34D. The molecule has 15 aromatic rings. The molecule has 0 aliphatic carbocycles. The molecule has 0 amide bonds. The van der Waals surface area contributed by atoms with Crippen LogP contribution in [0.3, 0.4) is 0 Å². The fourth-order valence-corrected chi connectivity index (χ4v) is 11.0. The van der Waals surface area contributed by atoms with Crippen LogP contribution in [0.25, 0.3) is 133 Å². The van der Waals surface area contributed by atoms with Gasteiger partial charge in [0.25, 0.3) is 0 Å². The molecule has 0 saturated carbocycles. The molecular weight excluding hydrogens is 853 g/mol. The van der Waals surface area contributed by atoms with E-state index in [1.54, 1.807) is 6.07 Å². The summed E-state index contributed by atoms with van der Waals surface area (Å²) in [6.07, 6.45) is 0. The third-order valence-corrected chi connectivity index (χ3v) is 13.9. The predicted molar refractivity (Wildman–Crippen MR) is 290 cm³/mol. The lowest BCUT2D eigenvalue weighted by Gasteiger charge is -2.20. The summed E-state index contributed by atoms with van der Waals surface area (Å²) >= 11 is 0. The average molecular weight is 901 g/mol. The van der Waals surface area contributed by atoms with Crippen molar-refractivity contribution < 1.29 is 11.0 Å². The highest BCUT2D eigenvalue weighted by Crippen LogP contribution is 2.46. The van der Waals surface area contributed by atoms with Gasteiger partial charge in [0.1, 0.15) is 11.6 Å². The molecule has 5 aromatic heterocycles. The maximum atomic E-state index is 9.58. The molecule has 0 aliphatic heterocycles. The van der Waals surface area contributed by atoms with E-state index in [1.807, 2.05) is 78.9 Å². The molecule has 0 radical (unpaired) electrons. The Balaban J connectivity index is 1.16. The molecule has 70 heavy (non-hydrogen) atoms. The van der Waals surface area contributed by atoms with Gasteiger partial charge < -0.3 is 9.13 Å². The molecule has 0 bridgehead atoms. The zero-order valence-corrected chi connectivity index (χ0v) is 37.2. The van der Waals surface area contributed by atoms with Crippen molar-refractivity contribution in [3.63, 3.8) is 0 Å². The predicted octanol–water partition coefficient (Wildman–Crippen LogP) is 16.2. The van der Waals surface area contributed by atoms with Crippen LogP contribution in [0.2, 0.25) is 0 Å². The zero-order chi connectivity index (χ0) is 52.8. The van der Waals surface area contributed by atoms with Crippen molar-refractivity contribution in [2.24, 2.45) is 0 Å². The largest absolute Gasteiger partial charge is 0.309 e. The molecule has 0 atom stereocenters. The molecule has 0 unspecified atom stereocenters. The maximum absolute atomic E-state index is 9.58. The lowest BCUT2D eigenvalue weighted by Crippen LogP contribution is -2.08. The first-order valence-electron chi connectivity index (χ1n) is 27.2. The topological polar surface area (TPSA) is 45.5 Å². The minimum Gasteiger partial charge on any atom is -0.309 e. The first-order valence-corrected chi connectivity index (χ1v) is 23.2. The Kier molecular flexibility index (Phi) is 6.74. The number of benzene rings is 10. The molecule has 0 spiro atoms. The smallest absolute Gasteiger partial charge is 0.166 e. The molecule has 0 N–H and O–H groups in total. The van der Waals surface area contributed by atoms with Crippen molar-refractivity contribution in [3.05, 3.63) is 242 Å². The van der Waals surface area contributed by atoms with Crippen LogP contribution in [0.1, 0.15) is 11.0 Å². The quantitative estimate of drug-likeness (QED) is 0.167. The molecule has 0 saturated heterocycles. The molecule has 10 aromatic carbocycles. The molecule has 5 heterocycles. The molecule has 6 nitrogen and oxygen atoms in total. The first-order chi connectivity index (χ1) is 38.1. The lowest BCUT2D eigenvalue weighted by atomic mass is 9.93. The van der Waals surface area contributed by atoms with E-state index >= 15 is 0 Å². The van der Waals surface area contributed by atoms with Crippen molar-refractivity contribution in [2.75, 3.05) is 0 Å². The van der Waals surface area contributed by atoms with Crippen LogP contribution in [-0.2, 0) is 0 Å². The van der Waals surface area contributed by atoms with Crippen LogP contribution in [0.5, 0.6) is 0 Å². The van der Waals surface area contributed by atoms with E-state index < -0.39 is 48.3 Å². The van der Waals surface area contributed by atoms with E-state index in [-0.39, 0.29) is 33.4 Å². The Morgan fingerprint density at radius 3 is 1.31 bits per heavy atom. The maximum Gasteiger partial charge on any atom is 0.166 e. The van der Waals surface area contributed by atoms with E-state index in [9.17, 15) is 5.48 Å². The SMILES string of the molecule is [2H]c1c([2H])c([2H])c2c(c1[2H])c1c([2H])c([2H])c([2H])c([2H])c1n2-c1cc(-n2c3ccccc3c3ccccc32)nc(-c2c(-c3cccc4c3c3ccccc3n4-c3ccccc3)cccc2-n2c3ccccc3c3ccccc32)n1. The Labute approximate surface area is 413 Å². The van der Waals surface area contributed by atoms with Crippen LogP contribution in [0.15, 0.2) is 242 Å². The normalized spacial score (nSPS) is 13.6. The molecule has 0 fully saturated rings. The van der Waals surface area contributed by atoms with Crippen LogP contribution < -0.4 is 0 Å². The monoisotopic (exact) mass is 900 g/mol. The van der Waals surface area contributed by atoms with E-state index in [0.29, 0.717) is 11.4 Å². The number of fused-ring (bicyclic) bond motifs is 12. The second-order valence-electron chi connectivity index (χ2n) is 17.5. The van der Waals surface area contributed by atoms with E-state index in [4.69, 9.17) is 15.5 Å². The van der Waals surface area contributed by atoms with Gasteiger partial charge in [0.05, 0.1) is 66.4 Å². The zero-order valence-electron chi connectivity index (χ0n) is 45.2. The number of aromatic nitrogens is 6. The number of rotatable bonds is 6. The summed E-state index contributed by atoms with van der Waals surface area (Å²) < 4.78 is 81.7. The van der Waals surface area contributed by atoms with E-state index in [0.717, 1.165) is 87.9 Å². The minimum atomic E-state index is -0.527. The van der Waals surface area contributed by atoms with Gasteiger partial charge in [-0.15, -0.1) is 0 Å². The van der Waals surface area contributed by atoms with E-state index in [2.05, 4.69) is 123 Å². The summed E-state index contributed by atoms with van der Waals surface area (Å²) in [5.41, 5.74) is 9.61. The fourth-order valence-electron chi connectivity index (χ4n) is 11.0. The van der Waals surface area contributed by atoms with Gasteiger partial charge in [-0.05, 0) is 77.8 Å². The number of nitrogens with zero attached hydrogens (tertiary/aromatic N) is 6. The molecule has 0 aliphatic rings. The third kappa shape index (κ3) is 5.50. The number of hydrogen-bond acceptors (Lipinski definition) is 2. The highest BCUT2D eigenvalue weighted by atomic mass is 15.2. The summed E-state index contributed by atoms with van der Waals surface area (Å²) in [5.74, 6) is 0.775. The second-order valence-corrected chi connectivity index (χ2v) is 17.5. The van der Waals surface area contributed by atoms with Crippen molar-refractivity contribution in [1.29, 1.82) is 0 Å². The molecular formula is C64H40N6. The van der Waals surface area contributed by atoms with Crippen LogP contribution in [-0.4, -0.2) is 28.2 Å². The van der Waals surface area contributed by atoms with Crippen LogP contribution in [0.4, 0.5) is 0 Å². The van der Waals surface area contributed by atoms with Gasteiger partial charge >= 0.3 is 0 Å². The summed E-state index contributed by atoms with van der Waals surface area (Å²) in [5, 5.41) is 5.99. The van der Waals surface area contributed by atoms with Gasteiger partial charge in [-0.25, -0.2) is 9.97 Å². The Bertz CT molecular complexity index is 4910. The second kappa shape index (κ2) is 15.0. The highest BCUT2D eigenvalue weighted by Gasteiger charge is 2.26. The van der Waals surface area contributed by atoms with Gasteiger partial charge in [-0.1, -0.05) is 170 Å². The van der Waals surface area contributed by atoms with Crippen LogP contribution in [0, 0.1) is 0 Å². The molecule has 6 heteroatoms. The Morgan fingerprint density at radius 1 is 0.314 bits per heavy atom. The highest BCUT2D eigenvalue weighted by molar-refractivity contribution is 6.18. The Morgan fingerprint density at radius 2 is 0.743 bits per heavy atom. The first kappa shape index (κ1) is 31.5. The number of para-hydroxylation sites is 8.